The summed E-state index contributed by atoms with van der Waals surface area (Å²) in [7, 11) is -0.771. The summed E-state index contributed by atoms with van der Waals surface area (Å²) in [4.78, 5) is 0. The molecule has 0 spiro atoms. The fourth-order valence-electron chi connectivity index (χ4n) is 2.88. The molecule has 20 heavy (non-hydrogen) atoms. The smallest absolute Gasteiger partial charge is 0.169 e. The summed E-state index contributed by atoms with van der Waals surface area (Å²) in [6.07, 6.45) is 4.18. The van der Waals surface area contributed by atoms with Gasteiger partial charge in [0.1, 0.15) is 0 Å². The van der Waals surface area contributed by atoms with Crippen LogP contribution < -0.4 is 5.09 Å². The lowest BCUT2D eigenvalue weighted by Crippen LogP contribution is -2.12. The summed E-state index contributed by atoms with van der Waals surface area (Å²) in [5.41, 5.74) is 2.14. The SMILES string of the molecule is CNP1(=O)[C@H](c2ccccc2)C=C[C@H]1c1ccccc1. The van der Waals surface area contributed by atoms with Crippen molar-refractivity contribution in [1.29, 1.82) is 0 Å². The van der Waals surface area contributed by atoms with Crippen molar-refractivity contribution < 1.29 is 4.57 Å². The van der Waals surface area contributed by atoms with E-state index in [1.165, 1.54) is 0 Å². The highest BCUT2D eigenvalue weighted by Crippen LogP contribution is 2.70. The molecule has 1 aliphatic rings. The molecule has 0 saturated carbocycles. The zero-order valence-corrected chi connectivity index (χ0v) is 12.3. The second-order valence-electron chi connectivity index (χ2n) is 5.03. The van der Waals surface area contributed by atoms with Crippen LogP contribution in [0.25, 0.3) is 0 Å². The Bertz CT molecular complexity index is 598. The second-order valence-corrected chi connectivity index (χ2v) is 8.01. The van der Waals surface area contributed by atoms with Gasteiger partial charge in [0.05, 0.1) is 11.3 Å². The molecule has 2 aromatic carbocycles. The first-order valence-corrected chi connectivity index (χ1v) is 8.67. The van der Waals surface area contributed by atoms with Crippen molar-refractivity contribution in [1.82, 2.24) is 5.09 Å². The molecule has 1 heterocycles. The molecule has 1 N–H and O–H groups in total. The highest BCUT2D eigenvalue weighted by molar-refractivity contribution is 7.63. The highest BCUT2D eigenvalue weighted by Gasteiger charge is 2.42. The predicted octanol–water partition coefficient (Wildman–Crippen LogP) is 4.54. The van der Waals surface area contributed by atoms with E-state index in [4.69, 9.17) is 0 Å². The lowest BCUT2D eigenvalue weighted by Gasteiger charge is -2.26. The minimum Gasteiger partial charge on any atom is -0.305 e. The van der Waals surface area contributed by atoms with E-state index in [-0.39, 0.29) is 11.3 Å². The third-order valence-corrected chi connectivity index (χ3v) is 7.23. The zero-order valence-electron chi connectivity index (χ0n) is 11.4. The molecule has 0 radical (unpaired) electrons. The van der Waals surface area contributed by atoms with Crippen LogP contribution in [-0.4, -0.2) is 7.05 Å². The molecule has 0 fully saturated rings. The van der Waals surface area contributed by atoms with Crippen LogP contribution in [0.1, 0.15) is 22.4 Å². The Morgan fingerprint density at radius 3 is 1.55 bits per heavy atom. The quantitative estimate of drug-likeness (QED) is 0.662. The normalized spacial score (nSPS) is 23.9. The van der Waals surface area contributed by atoms with E-state index in [0.717, 1.165) is 11.1 Å². The molecule has 0 unspecified atom stereocenters. The third-order valence-electron chi connectivity index (χ3n) is 3.93. The Morgan fingerprint density at radius 1 is 0.800 bits per heavy atom. The van der Waals surface area contributed by atoms with Crippen LogP contribution in [0, 0.1) is 0 Å². The molecule has 1 aliphatic heterocycles. The predicted molar refractivity (Wildman–Crippen MR) is 84.2 cm³/mol. The lowest BCUT2D eigenvalue weighted by atomic mass is 10.1. The maximum Gasteiger partial charge on any atom is 0.169 e. The average Bonchev–Trinajstić information content (AvgIpc) is 2.87. The number of hydrogen-bond acceptors (Lipinski definition) is 1. The fourth-order valence-corrected chi connectivity index (χ4v) is 5.73. The van der Waals surface area contributed by atoms with Gasteiger partial charge in [0.25, 0.3) is 0 Å². The number of hydrogen-bond donors (Lipinski definition) is 1. The van der Waals surface area contributed by atoms with Crippen LogP contribution in [0.2, 0.25) is 0 Å². The monoisotopic (exact) mass is 283 g/mol. The summed E-state index contributed by atoms with van der Waals surface area (Å²) in [6, 6.07) is 20.2. The molecule has 0 amide bonds. The standard InChI is InChI=1S/C17H18NOP/c1-18-20(19)16(14-8-4-2-5-9-14)12-13-17(20)15-10-6-3-7-11-15/h2-13,16-17H,1H3,(H,18,19)/t16-,17-/m0/s1. The van der Waals surface area contributed by atoms with Crippen LogP contribution in [-0.2, 0) is 4.57 Å². The topological polar surface area (TPSA) is 29.1 Å². The van der Waals surface area contributed by atoms with Gasteiger partial charge in [-0.05, 0) is 18.2 Å². The van der Waals surface area contributed by atoms with Crippen LogP contribution in [0.5, 0.6) is 0 Å². The van der Waals surface area contributed by atoms with Crippen molar-refractivity contribution in [3.8, 4) is 0 Å². The van der Waals surface area contributed by atoms with Crippen molar-refractivity contribution in [3.63, 3.8) is 0 Å². The molecule has 0 bridgehead atoms. The van der Waals surface area contributed by atoms with E-state index in [9.17, 15) is 4.57 Å². The molecular formula is C17H18NOP. The zero-order chi connectivity index (χ0) is 14.0. The minimum absolute atomic E-state index is 0.0427. The van der Waals surface area contributed by atoms with Gasteiger partial charge < -0.3 is 4.57 Å². The number of nitrogens with one attached hydrogen (secondary N) is 1. The van der Waals surface area contributed by atoms with Gasteiger partial charge in [0, 0.05) is 0 Å². The van der Waals surface area contributed by atoms with Crippen molar-refractivity contribution in [3.05, 3.63) is 83.9 Å². The summed E-state index contributed by atoms with van der Waals surface area (Å²) in [6.45, 7) is 0. The summed E-state index contributed by atoms with van der Waals surface area (Å²) in [5, 5.41) is 3.13. The third kappa shape index (κ3) is 2.15. The van der Waals surface area contributed by atoms with Gasteiger partial charge in [-0.15, -0.1) is 0 Å². The summed E-state index contributed by atoms with van der Waals surface area (Å²) < 4.78 is 13.5. The maximum absolute atomic E-state index is 13.5. The van der Waals surface area contributed by atoms with Crippen LogP contribution in [0.3, 0.4) is 0 Å². The highest BCUT2D eigenvalue weighted by atomic mass is 31.2. The van der Waals surface area contributed by atoms with Crippen molar-refractivity contribution in [2.75, 3.05) is 7.05 Å². The van der Waals surface area contributed by atoms with Gasteiger partial charge in [0.2, 0.25) is 0 Å². The molecule has 102 valence electrons. The number of allylic oxidation sites excluding steroid dienone is 2. The molecule has 3 heteroatoms. The molecular weight excluding hydrogens is 265 g/mol. The van der Waals surface area contributed by atoms with Crippen molar-refractivity contribution in [2.45, 2.75) is 11.3 Å². The van der Waals surface area contributed by atoms with Crippen molar-refractivity contribution >= 4 is 7.29 Å². The Labute approximate surface area is 120 Å². The molecule has 0 aliphatic carbocycles. The van der Waals surface area contributed by atoms with E-state index in [1.54, 1.807) is 7.05 Å². The van der Waals surface area contributed by atoms with Gasteiger partial charge in [-0.1, -0.05) is 72.8 Å². The summed E-state index contributed by atoms with van der Waals surface area (Å²) in [5.74, 6) is 0. The minimum atomic E-state index is -2.58. The van der Waals surface area contributed by atoms with E-state index in [1.807, 2.05) is 60.7 Å². The average molecular weight is 283 g/mol. The molecule has 2 atom stereocenters. The molecule has 2 aromatic rings. The van der Waals surface area contributed by atoms with E-state index in [0.29, 0.717) is 0 Å². The number of rotatable bonds is 3. The Balaban J connectivity index is 2.02. The fraction of sp³-hybridized carbons (Fsp3) is 0.176. The van der Waals surface area contributed by atoms with E-state index < -0.39 is 7.29 Å². The Hall–Kier alpha value is -1.63. The van der Waals surface area contributed by atoms with Crippen LogP contribution in [0.15, 0.2) is 72.8 Å². The van der Waals surface area contributed by atoms with E-state index in [2.05, 4.69) is 17.2 Å². The lowest BCUT2D eigenvalue weighted by molar-refractivity contribution is 0.562. The van der Waals surface area contributed by atoms with Gasteiger partial charge >= 0.3 is 0 Å². The van der Waals surface area contributed by atoms with Gasteiger partial charge in [-0.2, -0.15) is 0 Å². The maximum atomic E-state index is 13.5. The van der Waals surface area contributed by atoms with Crippen molar-refractivity contribution in [2.24, 2.45) is 0 Å². The van der Waals surface area contributed by atoms with Crippen LogP contribution in [0.4, 0.5) is 0 Å². The van der Waals surface area contributed by atoms with Gasteiger partial charge in [-0.25, -0.2) is 0 Å². The first-order chi connectivity index (χ1) is 9.75. The number of benzene rings is 2. The molecule has 0 saturated heterocycles. The molecule has 0 aromatic heterocycles. The first kappa shape index (κ1) is 13.4. The second kappa shape index (κ2) is 5.40. The molecule has 3 rings (SSSR count). The Morgan fingerprint density at radius 2 is 1.20 bits per heavy atom. The van der Waals surface area contributed by atoms with E-state index >= 15 is 0 Å². The largest absolute Gasteiger partial charge is 0.305 e. The van der Waals surface area contributed by atoms with Crippen LogP contribution >= 0.6 is 7.29 Å². The van der Waals surface area contributed by atoms with Gasteiger partial charge in [0.15, 0.2) is 7.29 Å². The van der Waals surface area contributed by atoms with Gasteiger partial charge in [-0.3, -0.25) is 5.09 Å². The molecule has 2 nitrogen and oxygen atoms in total. The summed E-state index contributed by atoms with van der Waals surface area (Å²) >= 11 is 0. The first-order valence-electron chi connectivity index (χ1n) is 6.82. The Kier molecular flexibility index (Phi) is 3.60.